The molecule has 0 N–H and O–H groups in total. The Labute approximate surface area is 73.1 Å². The monoisotopic (exact) mass is 178 g/mol. The second-order valence-corrected chi connectivity index (χ2v) is 2.88. The number of aromatic nitrogens is 1. The van der Waals surface area contributed by atoms with Crippen LogP contribution in [0.1, 0.15) is 35.0 Å². The van der Waals surface area contributed by atoms with E-state index in [0.717, 1.165) is 12.8 Å². The molecule has 66 valence electrons. The third kappa shape index (κ3) is 1.52. The van der Waals surface area contributed by atoms with Gasteiger partial charge in [0.2, 0.25) is 0 Å². The average molecular weight is 178 g/mol. The molecule has 1 aromatic rings. The molecule has 13 heavy (non-hydrogen) atoms. The van der Waals surface area contributed by atoms with Crippen molar-refractivity contribution in [3.8, 4) is 0 Å². The molecule has 0 saturated heterocycles. The quantitative estimate of drug-likeness (QED) is 0.393. The van der Waals surface area contributed by atoms with Gasteiger partial charge in [-0.05, 0) is 23.5 Å². The van der Waals surface area contributed by atoms with E-state index in [-0.39, 0.29) is 5.69 Å². The lowest BCUT2D eigenvalue weighted by Crippen LogP contribution is -1.91. The minimum Gasteiger partial charge on any atom is -0.360 e. The normalized spacial score (nSPS) is 15.1. The summed E-state index contributed by atoms with van der Waals surface area (Å²) in [5, 5.41) is 6.41. The van der Waals surface area contributed by atoms with Crippen molar-refractivity contribution in [2.45, 2.75) is 18.8 Å². The summed E-state index contributed by atoms with van der Waals surface area (Å²) in [6.45, 7) is 0. The van der Waals surface area contributed by atoms with Gasteiger partial charge in [-0.1, -0.05) is 5.16 Å². The van der Waals surface area contributed by atoms with Crippen molar-refractivity contribution in [1.29, 1.82) is 0 Å². The summed E-state index contributed by atoms with van der Waals surface area (Å²) in [6, 6.07) is 1.54. The van der Waals surface area contributed by atoms with Crippen molar-refractivity contribution in [3.63, 3.8) is 0 Å². The van der Waals surface area contributed by atoms with Gasteiger partial charge in [0.05, 0.1) is 0 Å². The Hall–Kier alpha value is -1.81. The van der Waals surface area contributed by atoms with E-state index >= 15 is 0 Å². The lowest BCUT2D eigenvalue weighted by atomic mass is 10.3. The van der Waals surface area contributed by atoms with Crippen LogP contribution in [0.25, 0.3) is 10.4 Å². The first-order valence-electron chi connectivity index (χ1n) is 3.87. The number of rotatable bonds is 2. The topological polar surface area (TPSA) is 91.9 Å². The number of carbonyl (C=O) groups is 1. The Morgan fingerprint density at radius 2 is 2.54 bits per heavy atom. The highest BCUT2D eigenvalue weighted by Crippen LogP contribution is 2.40. The minimum absolute atomic E-state index is 0.0831. The van der Waals surface area contributed by atoms with E-state index in [1.54, 1.807) is 0 Å². The molecule has 6 nitrogen and oxygen atoms in total. The van der Waals surface area contributed by atoms with Crippen LogP contribution in [0, 0.1) is 0 Å². The second kappa shape index (κ2) is 2.91. The molecule has 1 aromatic heterocycles. The van der Waals surface area contributed by atoms with Gasteiger partial charge in [0, 0.05) is 16.9 Å². The number of amides is 1. The zero-order chi connectivity index (χ0) is 9.26. The predicted molar refractivity (Wildman–Crippen MR) is 42.0 cm³/mol. The third-order valence-corrected chi connectivity index (χ3v) is 1.86. The molecule has 0 aliphatic heterocycles. The summed E-state index contributed by atoms with van der Waals surface area (Å²) < 4.78 is 4.90. The molecular formula is C7H6N4O2. The Bertz CT molecular complexity index is 387. The minimum atomic E-state index is -0.696. The lowest BCUT2D eigenvalue weighted by molar-refractivity contribution is 0.0991. The summed E-state index contributed by atoms with van der Waals surface area (Å²) in [6.07, 6.45) is 2.15. The summed E-state index contributed by atoms with van der Waals surface area (Å²) in [4.78, 5) is 13.3. The predicted octanol–water partition coefficient (Wildman–Crippen LogP) is 2.00. The van der Waals surface area contributed by atoms with E-state index in [1.807, 2.05) is 0 Å². The van der Waals surface area contributed by atoms with Crippen molar-refractivity contribution >= 4 is 5.91 Å². The van der Waals surface area contributed by atoms with E-state index in [1.165, 1.54) is 6.07 Å². The second-order valence-electron chi connectivity index (χ2n) is 2.88. The molecule has 0 radical (unpaired) electrons. The molecule has 1 fully saturated rings. The van der Waals surface area contributed by atoms with E-state index in [2.05, 4.69) is 15.2 Å². The molecule has 1 heterocycles. The maximum atomic E-state index is 11.0. The van der Waals surface area contributed by atoms with Crippen LogP contribution in [-0.2, 0) is 0 Å². The Kier molecular flexibility index (Phi) is 1.75. The van der Waals surface area contributed by atoms with Crippen molar-refractivity contribution in [3.05, 3.63) is 28.0 Å². The van der Waals surface area contributed by atoms with Crippen LogP contribution in [0.5, 0.6) is 0 Å². The van der Waals surface area contributed by atoms with Gasteiger partial charge in [0.25, 0.3) is 5.91 Å². The molecule has 0 bridgehead atoms. The standard InChI is InChI=1S/C7H6N4O2/c8-11-9-7(12)5-3-6(13-10-5)4-1-2-4/h3-4H,1-2H2. The molecule has 1 saturated carbocycles. The summed E-state index contributed by atoms with van der Waals surface area (Å²) in [5.74, 6) is 0.412. The van der Waals surface area contributed by atoms with Crippen LogP contribution < -0.4 is 0 Å². The van der Waals surface area contributed by atoms with Crippen LogP contribution in [0.4, 0.5) is 0 Å². The molecule has 6 heteroatoms. The van der Waals surface area contributed by atoms with E-state index in [0.29, 0.717) is 11.7 Å². The first-order chi connectivity index (χ1) is 6.31. The lowest BCUT2D eigenvalue weighted by Gasteiger charge is -1.80. The van der Waals surface area contributed by atoms with Crippen LogP contribution in [-0.4, -0.2) is 11.1 Å². The van der Waals surface area contributed by atoms with Gasteiger partial charge < -0.3 is 4.52 Å². The first kappa shape index (κ1) is 7.82. The van der Waals surface area contributed by atoms with Crippen LogP contribution in [0.15, 0.2) is 15.7 Å². The fourth-order valence-electron chi connectivity index (χ4n) is 1.04. The number of carbonyl (C=O) groups excluding carboxylic acids is 1. The third-order valence-electron chi connectivity index (χ3n) is 1.86. The fraction of sp³-hybridized carbons (Fsp3) is 0.429. The summed E-state index contributed by atoms with van der Waals surface area (Å²) in [7, 11) is 0. The molecule has 1 amide bonds. The molecule has 0 aromatic carbocycles. The highest BCUT2D eigenvalue weighted by molar-refractivity contribution is 5.92. The summed E-state index contributed by atoms with van der Waals surface area (Å²) in [5.41, 5.74) is 8.09. The smallest absolute Gasteiger partial charge is 0.270 e. The Morgan fingerprint density at radius 1 is 1.77 bits per heavy atom. The molecule has 0 spiro atoms. The van der Waals surface area contributed by atoms with Gasteiger partial charge in [-0.15, -0.1) is 0 Å². The Morgan fingerprint density at radius 3 is 3.15 bits per heavy atom. The Balaban J connectivity index is 2.20. The van der Waals surface area contributed by atoms with E-state index in [4.69, 9.17) is 10.1 Å². The highest BCUT2D eigenvalue weighted by atomic mass is 16.5. The van der Waals surface area contributed by atoms with Gasteiger partial charge in [-0.25, -0.2) is 0 Å². The molecule has 1 aliphatic carbocycles. The highest BCUT2D eigenvalue weighted by Gasteiger charge is 2.28. The zero-order valence-corrected chi connectivity index (χ0v) is 6.67. The number of hydrogen-bond acceptors (Lipinski definition) is 3. The first-order valence-corrected chi connectivity index (χ1v) is 3.87. The SMILES string of the molecule is [N-]=[N+]=NC(=O)c1cc(C2CC2)on1. The maximum Gasteiger partial charge on any atom is 0.270 e. The van der Waals surface area contributed by atoms with Crippen LogP contribution in [0.3, 0.4) is 0 Å². The van der Waals surface area contributed by atoms with Crippen molar-refractivity contribution in [2.24, 2.45) is 5.11 Å². The van der Waals surface area contributed by atoms with Gasteiger partial charge in [-0.2, -0.15) is 0 Å². The van der Waals surface area contributed by atoms with Crippen LogP contribution >= 0.6 is 0 Å². The van der Waals surface area contributed by atoms with Crippen molar-refractivity contribution in [2.75, 3.05) is 0 Å². The van der Waals surface area contributed by atoms with Gasteiger partial charge in [0.1, 0.15) is 5.76 Å². The maximum absolute atomic E-state index is 11.0. The molecular weight excluding hydrogens is 172 g/mol. The van der Waals surface area contributed by atoms with Crippen molar-refractivity contribution in [1.82, 2.24) is 5.16 Å². The van der Waals surface area contributed by atoms with E-state index < -0.39 is 5.91 Å². The van der Waals surface area contributed by atoms with Gasteiger partial charge >= 0.3 is 0 Å². The van der Waals surface area contributed by atoms with E-state index in [9.17, 15) is 4.79 Å². The van der Waals surface area contributed by atoms with Gasteiger partial charge in [-0.3, -0.25) is 4.79 Å². The largest absolute Gasteiger partial charge is 0.360 e. The molecule has 2 rings (SSSR count). The van der Waals surface area contributed by atoms with Crippen LogP contribution in [0.2, 0.25) is 0 Å². The molecule has 1 aliphatic rings. The molecule has 0 atom stereocenters. The van der Waals surface area contributed by atoms with Gasteiger partial charge in [0.15, 0.2) is 5.69 Å². The number of hydrogen-bond donors (Lipinski definition) is 0. The summed E-state index contributed by atoms with van der Waals surface area (Å²) >= 11 is 0. The number of nitrogens with zero attached hydrogens (tertiary/aromatic N) is 4. The fourth-order valence-corrected chi connectivity index (χ4v) is 1.04. The molecule has 0 unspecified atom stereocenters. The van der Waals surface area contributed by atoms with Crippen molar-refractivity contribution < 1.29 is 9.32 Å². The average Bonchev–Trinajstić information content (AvgIpc) is 2.84. The zero-order valence-electron chi connectivity index (χ0n) is 6.67. The number of azide groups is 1.